The van der Waals surface area contributed by atoms with Crippen molar-refractivity contribution in [2.24, 2.45) is 0 Å². The third-order valence-corrected chi connectivity index (χ3v) is 4.55. The van der Waals surface area contributed by atoms with Gasteiger partial charge in [-0.25, -0.2) is 4.79 Å². The van der Waals surface area contributed by atoms with Gasteiger partial charge in [-0.15, -0.1) is 0 Å². The number of aryl methyl sites for hydroxylation is 1. The van der Waals surface area contributed by atoms with Crippen LogP contribution in [0.1, 0.15) is 29.2 Å². The lowest BCUT2D eigenvalue weighted by atomic mass is 9.83. The van der Waals surface area contributed by atoms with Crippen molar-refractivity contribution in [1.82, 2.24) is 10.6 Å². The second-order valence-corrected chi connectivity index (χ2v) is 5.94. The van der Waals surface area contributed by atoms with Crippen LogP contribution in [0.25, 0.3) is 5.70 Å². The Labute approximate surface area is 138 Å². The minimum Gasteiger partial charge on any atom is -0.327 e. The van der Waals surface area contributed by atoms with Gasteiger partial charge in [0.2, 0.25) is 0 Å². The van der Waals surface area contributed by atoms with Crippen molar-refractivity contribution in [2.75, 3.05) is 0 Å². The van der Waals surface area contributed by atoms with Crippen LogP contribution in [0.3, 0.4) is 0 Å². The molecule has 0 bridgehead atoms. The lowest BCUT2D eigenvalue weighted by Crippen LogP contribution is -2.44. The predicted octanol–water partition coefficient (Wildman–Crippen LogP) is 3.31. The molecule has 1 aliphatic heterocycles. The van der Waals surface area contributed by atoms with Gasteiger partial charge in [0.05, 0.1) is 16.7 Å². The Morgan fingerprint density at radius 2 is 1.92 bits per heavy atom. The minimum atomic E-state index is -0.419. The van der Waals surface area contributed by atoms with Crippen LogP contribution in [0.4, 0.5) is 10.5 Å². The third-order valence-electron chi connectivity index (χ3n) is 4.55. The molecule has 0 saturated heterocycles. The number of fused-ring (bicyclic) bond motifs is 2. The van der Waals surface area contributed by atoms with Crippen LogP contribution in [0.5, 0.6) is 0 Å². The highest BCUT2D eigenvalue weighted by molar-refractivity contribution is 5.91. The topological polar surface area (TPSA) is 84.3 Å². The molecule has 2 aromatic carbocycles. The van der Waals surface area contributed by atoms with E-state index in [2.05, 4.69) is 16.7 Å². The molecule has 0 fully saturated rings. The smallest absolute Gasteiger partial charge is 0.319 e. The highest BCUT2D eigenvalue weighted by atomic mass is 16.6. The molecule has 4 rings (SSSR count). The molecule has 24 heavy (non-hydrogen) atoms. The molecule has 1 aliphatic carbocycles. The summed E-state index contributed by atoms with van der Waals surface area (Å²) in [6, 6.07) is 13.8. The summed E-state index contributed by atoms with van der Waals surface area (Å²) in [6.45, 7) is 0. The van der Waals surface area contributed by atoms with Gasteiger partial charge in [-0.3, -0.25) is 10.1 Å². The molecule has 0 spiro atoms. The summed E-state index contributed by atoms with van der Waals surface area (Å²) >= 11 is 0. The molecular formula is C18H15N3O3. The molecule has 2 N–H and O–H groups in total. The maximum Gasteiger partial charge on any atom is 0.319 e. The van der Waals surface area contributed by atoms with E-state index in [-0.39, 0.29) is 17.8 Å². The number of non-ortho nitro benzene ring substituents is 1. The molecule has 2 aliphatic rings. The van der Waals surface area contributed by atoms with Crippen molar-refractivity contribution in [3.8, 4) is 0 Å². The fraction of sp³-hybridized carbons (Fsp3) is 0.167. The summed E-state index contributed by atoms with van der Waals surface area (Å²) in [4.78, 5) is 22.8. The largest absolute Gasteiger partial charge is 0.327 e. The minimum absolute atomic E-state index is 0.0265. The normalized spacial score (nSPS) is 19.0. The molecule has 1 unspecified atom stereocenters. The number of carbonyl (C=O) groups is 1. The van der Waals surface area contributed by atoms with Gasteiger partial charge < -0.3 is 10.6 Å². The van der Waals surface area contributed by atoms with Crippen LogP contribution in [0.15, 0.2) is 54.1 Å². The molecule has 0 saturated carbocycles. The van der Waals surface area contributed by atoms with Gasteiger partial charge in [-0.2, -0.15) is 0 Å². The molecule has 0 radical (unpaired) electrons. The van der Waals surface area contributed by atoms with Gasteiger partial charge in [0.25, 0.3) is 5.69 Å². The number of rotatable bonds is 2. The highest BCUT2D eigenvalue weighted by Gasteiger charge is 2.32. The summed E-state index contributed by atoms with van der Waals surface area (Å²) in [7, 11) is 0. The number of hydrogen-bond donors (Lipinski definition) is 2. The number of benzene rings is 2. The lowest BCUT2D eigenvalue weighted by molar-refractivity contribution is -0.384. The van der Waals surface area contributed by atoms with Crippen LogP contribution in [-0.2, 0) is 6.42 Å². The van der Waals surface area contributed by atoms with Crippen LogP contribution < -0.4 is 10.6 Å². The van der Waals surface area contributed by atoms with Gasteiger partial charge in [0, 0.05) is 17.7 Å². The maximum absolute atomic E-state index is 12.1. The fourth-order valence-electron chi connectivity index (χ4n) is 3.46. The van der Waals surface area contributed by atoms with E-state index in [1.165, 1.54) is 17.7 Å². The fourth-order valence-corrected chi connectivity index (χ4v) is 3.46. The Kier molecular flexibility index (Phi) is 3.30. The number of hydrogen-bond acceptors (Lipinski definition) is 3. The van der Waals surface area contributed by atoms with E-state index in [1.807, 2.05) is 24.3 Å². The average Bonchev–Trinajstić information content (AvgIpc) is 2.61. The van der Waals surface area contributed by atoms with E-state index < -0.39 is 4.92 Å². The summed E-state index contributed by atoms with van der Waals surface area (Å²) in [5.41, 5.74) is 4.88. The van der Waals surface area contributed by atoms with Crippen molar-refractivity contribution in [1.29, 1.82) is 0 Å². The quantitative estimate of drug-likeness (QED) is 0.657. The predicted molar refractivity (Wildman–Crippen MR) is 89.2 cm³/mol. The van der Waals surface area contributed by atoms with E-state index in [1.54, 1.807) is 6.07 Å². The monoisotopic (exact) mass is 321 g/mol. The number of nitro groups is 1. The van der Waals surface area contributed by atoms with Crippen LogP contribution >= 0.6 is 0 Å². The zero-order valence-electron chi connectivity index (χ0n) is 12.8. The Balaban J connectivity index is 1.84. The summed E-state index contributed by atoms with van der Waals surface area (Å²) < 4.78 is 0. The Morgan fingerprint density at radius 1 is 1.08 bits per heavy atom. The number of nitrogens with one attached hydrogen (secondary N) is 2. The molecule has 1 heterocycles. The summed E-state index contributed by atoms with van der Waals surface area (Å²) in [5, 5.41) is 16.8. The summed E-state index contributed by atoms with van der Waals surface area (Å²) in [5.74, 6) is 0. The first-order valence-corrected chi connectivity index (χ1v) is 7.76. The van der Waals surface area contributed by atoms with Gasteiger partial charge in [-0.05, 0) is 29.5 Å². The molecule has 6 heteroatoms. The third kappa shape index (κ3) is 2.32. The van der Waals surface area contributed by atoms with Gasteiger partial charge in [0.15, 0.2) is 0 Å². The molecule has 2 amide bonds. The molecule has 1 atom stereocenters. The first-order chi connectivity index (χ1) is 11.6. The van der Waals surface area contributed by atoms with Crippen LogP contribution in [0.2, 0.25) is 0 Å². The number of nitro benzene ring substituents is 1. The molecular weight excluding hydrogens is 306 g/mol. The number of carbonyl (C=O) groups excluding carboxylic acids is 1. The van der Waals surface area contributed by atoms with Crippen molar-refractivity contribution in [3.05, 3.63) is 80.9 Å². The lowest BCUT2D eigenvalue weighted by Gasteiger charge is -2.34. The molecule has 120 valence electrons. The second-order valence-electron chi connectivity index (χ2n) is 5.94. The van der Waals surface area contributed by atoms with Crippen molar-refractivity contribution in [3.63, 3.8) is 0 Å². The first kappa shape index (κ1) is 14.4. The number of amides is 2. The van der Waals surface area contributed by atoms with Crippen LogP contribution in [0, 0.1) is 10.1 Å². The average molecular weight is 321 g/mol. The standard InChI is InChI=1S/C18H15N3O3/c22-18-19-16(12-5-3-6-13(10-12)21(23)24)15-9-8-11-4-1-2-7-14(11)17(15)20-18/h1-7,10,16H,8-9H2,(H2,19,20,22). The second kappa shape index (κ2) is 5.49. The van der Waals surface area contributed by atoms with E-state index in [9.17, 15) is 14.9 Å². The van der Waals surface area contributed by atoms with Crippen molar-refractivity contribution >= 4 is 17.4 Å². The van der Waals surface area contributed by atoms with E-state index >= 15 is 0 Å². The Bertz CT molecular complexity index is 889. The van der Waals surface area contributed by atoms with E-state index in [0.29, 0.717) is 0 Å². The molecule has 6 nitrogen and oxygen atoms in total. The van der Waals surface area contributed by atoms with Crippen molar-refractivity contribution in [2.45, 2.75) is 18.9 Å². The zero-order chi connectivity index (χ0) is 16.7. The van der Waals surface area contributed by atoms with Gasteiger partial charge in [-0.1, -0.05) is 36.4 Å². The Hall–Kier alpha value is -3.15. The van der Waals surface area contributed by atoms with E-state index in [0.717, 1.165) is 35.2 Å². The first-order valence-electron chi connectivity index (χ1n) is 7.76. The number of nitrogens with zero attached hydrogens (tertiary/aromatic N) is 1. The zero-order valence-corrected chi connectivity index (χ0v) is 12.8. The summed E-state index contributed by atoms with van der Waals surface area (Å²) in [6.07, 6.45) is 1.69. The molecule has 0 aromatic heterocycles. The highest BCUT2D eigenvalue weighted by Crippen LogP contribution is 2.39. The van der Waals surface area contributed by atoms with Crippen molar-refractivity contribution < 1.29 is 9.72 Å². The SMILES string of the molecule is O=C1NC2=C(CCc3ccccc32)C(c2cccc([N+](=O)[O-])c2)N1. The van der Waals surface area contributed by atoms with Crippen LogP contribution in [-0.4, -0.2) is 11.0 Å². The maximum atomic E-state index is 12.1. The molecule has 2 aromatic rings. The van der Waals surface area contributed by atoms with Gasteiger partial charge >= 0.3 is 6.03 Å². The number of urea groups is 1. The van der Waals surface area contributed by atoms with Gasteiger partial charge in [0.1, 0.15) is 0 Å². The van der Waals surface area contributed by atoms with E-state index in [4.69, 9.17) is 0 Å². The Morgan fingerprint density at radius 3 is 2.75 bits per heavy atom.